The van der Waals surface area contributed by atoms with E-state index in [2.05, 4.69) is 5.32 Å². The SMILES string of the molecule is CCC1C(=O)NC(=O)CN1c1cccc(OC(C)C)c1N. The van der Waals surface area contributed by atoms with Crippen LogP contribution in [0.25, 0.3) is 0 Å². The van der Waals surface area contributed by atoms with Crippen LogP contribution in [0.1, 0.15) is 27.2 Å². The maximum Gasteiger partial charge on any atom is 0.249 e. The predicted molar refractivity (Wildman–Crippen MR) is 81.2 cm³/mol. The zero-order valence-corrected chi connectivity index (χ0v) is 12.6. The molecule has 114 valence electrons. The molecule has 1 aliphatic rings. The molecular formula is C15H21N3O3. The summed E-state index contributed by atoms with van der Waals surface area (Å²) in [4.78, 5) is 25.3. The van der Waals surface area contributed by atoms with Crippen molar-refractivity contribution in [2.45, 2.75) is 39.3 Å². The maximum absolute atomic E-state index is 11.9. The van der Waals surface area contributed by atoms with Gasteiger partial charge in [0.2, 0.25) is 11.8 Å². The summed E-state index contributed by atoms with van der Waals surface area (Å²) >= 11 is 0. The third kappa shape index (κ3) is 3.09. The molecule has 6 nitrogen and oxygen atoms in total. The van der Waals surface area contributed by atoms with Crippen molar-refractivity contribution in [2.75, 3.05) is 17.2 Å². The Morgan fingerprint density at radius 1 is 1.43 bits per heavy atom. The van der Waals surface area contributed by atoms with Crippen LogP contribution in [0.3, 0.4) is 0 Å². The van der Waals surface area contributed by atoms with Crippen LogP contribution in [0.4, 0.5) is 11.4 Å². The van der Waals surface area contributed by atoms with Crippen molar-refractivity contribution in [3.63, 3.8) is 0 Å². The average Bonchev–Trinajstić information content (AvgIpc) is 2.40. The van der Waals surface area contributed by atoms with Crippen LogP contribution < -0.4 is 20.7 Å². The fourth-order valence-electron chi connectivity index (χ4n) is 2.47. The van der Waals surface area contributed by atoms with Gasteiger partial charge >= 0.3 is 0 Å². The lowest BCUT2D eigenvalue weighted by Crippen LogP contribution is -2.58. The van der Waals surface area contributed by atoms with E-state index in [0.717, 1.165) is 0 Å². The number of ether oxygens (including phenoxy) is 1. The lowest BCUT2D eigenvalue weighted by Gasteiger charge is -2.36. The monoisotopic (exact) mass is 291 g/mol. The third-order valence-electron chi connectivity index (χ3n) is 3.36. The molecule has 2 amide bonds. The largest absolute Gasteiger partial charge is 0.489 e. The first kappa shape index (κ1) is 15.2. The molecule has 1 unspecified atom stereocenters. The molecule has 1 heterocycles. The highest BCUT2D eigenvalue weighted by molar-refractivity contribution is 6.05. The number of hydrogen-bond acceptors (Lipinski definition) is 5. The van der Waals surface area contributed by atoms with Crippen molar-refractivity contribution < 1.29 is 14.3 Å². The number of hydrogen-bond donors (Lipinski definition) is 2. The Bertz CT molecular complexity index is 557. The van der Waals surface area contributed by atoms with Crippen LogP contribution in [0.2, 0.25) is 0 Å². The molecule has 2 rings (SSSR count). The van der Waals surface area contributed by atoms with E-state index in [1.54, 1.807) is 17.0 Å². The average molecular weight is 291 g/mol. The van der Waals surface area contributed by atoms with Gasteiger partial charge in [-0.05, 0) is 32.4 Å². The summed E-state index contributed by atoms with van der Waals surface area (Å²) in [5, 5.41) is 2.35. The van der Waals surface area contributed by atoms with E-state index in [-0.39, 0.29) is 24.5 Å². The molecule has 0 spiro atoms. The minimum Gasteiger partial charge on any atom is -0.489 e. The smallest absolute Gasteiger partial charge is 0.249 e. The Hall–Kier alpha value is -2.24. The molecule has 1 fully saturated rings. The number of carbonyl (C=O) groups is 2. The number of amides is 2. The molecule has 6 heteroatoms. The van der Waals surface area contributed by atoms with Gasteiger partial charge in [-0.15, -0.1) is 0 Å². The van der Waals surface area contributed by atoms with Crippen molar-refractivity contribution in [1.82, 2.24) is 5.32 Å². The minimum atomic E-state index is -0.403. The molecule has 21 heavy (non-hydrogen) atoms. The van der Waals surface area contributed by atoms with Gasteiger partial charge in [0.25, 0.3) is 0 Å². The zero-order chi connectivity index (χ0) is 15.6. The molecular weight excluding hydrogens is 270 g/mol. The van der Waals surface area contributed by atoms with Crippen LogP contribution in [-0.4, -0.2) is 30.5 Å². The number of para-hydroxylation sites is 1. The van der Waals surface area contributed by atoms with Gasteiger partial charge in [-0.3, -0.25) is 14.9 Å². The molecule has 0 aliphatic carbocycles. The summed E-state index contributed by atoms with van der Waals surface area (Å²) in [7, 11) is 0. The molecule has 0 radical (unpaired) electrons. The van der Waals surface area contributed by atoms with Gasteiger partial charge in [0.15, 0.2) is 0 Å². The number of nitrogen functional groups attached to an aromatic ring is 1. The number of nitrogens with one attached hydrogen (secondary N) is 1. The maximum atomic E-state index is 11.9. The van der Waals surface area contributed by atoms with Crippen LogP contribution >= 0.6 is 0 Å². The molecule has 1 aliphatic heterocycles. The van der Waals surface area contributed by atoms with E-state index in [4.69, 9.17) is 10.5 Å². The molecule has 0 saturated carbocycles. The summed E-state index contributed by atoms with van der Waals surface area (Å²) < 4.78 is 5.66. The Labute approximate surface area is 124 Å². The minimum absolute atomic E-state index is 0.00388. The van der Waals surface area contributed by atoms with Gasteiger partial charge in [-0.1, -0.05) is 13.0 Å². The number of nitrogens with two attached hydrogens (primary N) is 1. The quantitative estimate of drug-likeness (QED) is 0.645. The standard InChI is InChI=1S/C15H21N3O3/c1-4-10-15(20)17-13(19)8-18(10)11-6-5-7-12(14(11)16)21-9(2)3/h5-7,9-10H,4,8,16H2,1-3H3,(H,17,19,20). The second kappa shape index (κ2) is 6.03. The van der Waals surface area contributed by atoms with Gasteiger partial charge in [0, 0.05) is 0 Å². The van der Waals surface area contributed by atoms with Gasteiger partial charge in [-0.25, -0.2) is 0 Å². The second-order valence-corrected chi connectivity index (χ2v) is 5.32. The zero-order valence-electron chi connectivity index (χ0n) is 12.6. The fraction of sp³-hybridized carbons (Fsp3) is 0.467. The summed E-state index contributed by atoms with van der Waals surface area (Å²) in [6.45, 7) is 5.84. The van der Waals surface area contributed by atoms with Crippen molar-refractivity contribution in [3.8, 4) is 5.75 Å². The van der Waals surface area contributed by atoms with Crippen LogP contribution in [0.5, 0.6) is 5.75 Å². The lowest BCUT2D eigenvalue weighted by molar-refractivity contribution is -0.132. The van der Waals surface area contributed by atoms with Crippen LogP contribution in [-0.2, 0) is 9.59 Å². The highest BCUT2D eigenvalue weighted by Crippen LogP contribution is 2.34. The number of benzene rings is 1. The van der Waals surface area contributed by atoms with Crippen molar-refractivity contribution >= 4 is 23.2 Å². The van der Waals surface area contributed by atoms with E-state index >= 15 is 0 Å². The van der Waals surface area contributed by atoms with Crippen molar-refractivity contribution in [2.24, 2.45) is 0 Å². The van der Waals surface area contributed by atoms with E-state index in [1.165, 1.54) is 0 Å². The summed E-state index contributed by atoms with van der Waals surface area (Å²) in [5.41, 5.74) is 7.27. The summed E-state index contributed by atoms with van der Waals surface area (Å²) in [5.74, 6) is -0.0432. The Morgan fingerprint density at radius 3 is 2.76 bits per heavy atom. The molecule has 1 aromatic rings. The Balaban J connectivity index is 2.39. The summed E-state index contributed by atoms with van der Waals surface area (Å²) in [6, 6.07) is 5.00. The molecule has 0 aromatic heterocycles. The highest BCUT2D eigenvalue weighted by atomic mass is 16.5. The van der Waals surface area contributed by atoms with E-state index < -0.39 is 6.04 Å². The Kier molecular flexibility index (Phi) is 4.35. The number of imide groups is 1. The van der Waals surface area contributed by atoms with E-state index in [1.807, 2.05) is 26.8 Å². The number of anilines is 2. The van der Waals surface area contributed by atoms with Gasteiger partial charge < -0.3 is 15.4 Å². The van der Waals surface area contributed by atoms with E-state index in [0.29, 0.717) is 23.5 Å². The first-order valence-corrected chi connectivity index (χ1v) is 7.09. The van der Waals surface area contributed by atoms with Crippen molar-refractivity contribution in [1.29, 1.82) is 0 Å². The number of carbonyl (C=O) groups excluding carboxylic acids is 2. The van der Waals surface area contributed by atoms with Crippen LogP contribution in [0, 0.1) is 0 Å². The predicted octanol–water partition coefficient (Wildman–Crippen LogP) is 1.30. The third-order valence-corrected chi connectivity index (χ3v) is 3.36. The fourth-order valence-corrected chi connectivity index (χ4v) is 2.47. The van der Waals surface area contributed by atoms with Gasteiger partial charge in [-0.2, -0.15) is 0 Å². The molecule has 1 atom stereocenters. The lowest BCUT2D eigenvalue weighted by atomic mass is 10.1. The normalized spacial score (nSPS) is 18.9. The molecule has 0 bridgehead atoms. The first-order valence-electron chi connectivity index (χ1n) is 7.09. The molecule has 1 aromatic carbocycles. The molecule has 3 N–H and O–H groups in total. The van der Waals surface area contributed by atoms with Crippen LogP contribution in [0.15, 0.2) is 18.2 Å². The number of rotatable bonds is 4. The number of piperazine rings is 1. The highest BCUT2D eigenvalue weighted by Gasteiger charge is 2.33. The first-order chi connectivity index (χ1) is 9.93. The Morgan fingerprint density at radius 2 is 2.14 bits per heavy atom. The summed E-state index contributed by atoms with van der Waals surface area (Å²) in [6.07, 6.45) is 0.587. The number of nitrogens with zero attached hydrogens (tertiary/aromatic N) is 1. The van der Waals surface area contributed by atoms with Crippen molar-refractivity contribution in [3.05, 3.63) is 18.2 Å². The van der Waals surface area contributed by atoms with Gasteiger partial charge in [0.05, 0.1) is 24.0 Å². The topological polar surface area (TPSA) is 84.7 Å². The molecule has 1 saturated heterocycles. The van der Waals surface area contributed by atoms with E-state index in [9.17, 15) is 9.59 Å². The van der Waals surface area contributed by atoms with Gasteiger partial charge in [0.1, 0.15) is 11.8 Å². The second-order valence-electron chi connectivity index (χ2n) is 5.32.